The first-order chi connectivity index (χ1) is 12.2. The lowest BCUT2D eigenvalue weighted by molar-refractivity contribution is 0.102. The molecule has 3 rings (SSSR count). The van der Waals surface area contributed by atoms with Crippen molar-refractivity contribution < 1.29 is 9.53 Å². The normalized spacial score (nSPS) is 10.3. The van der Waals surface area contributed by atoms with E-state index in [1.165, 1.54) is 5.56 Å². The number of carbonyl (C=O) groups excluding carboxylic acids is 1. The van der Waals surface area contributed by atoms with E-state index in [4.69, 9.17) is 4.74 Å². The molecule has 0 saturated heterocycles. The van der Waals surface area contributed by atoms with Crippen LogP contribution in [-0.4, -0.2) is 13.0 Å². The number of hydrogen-bond acceptors (Lipinski definition) is 2. The highest BCUT2D eigenvalue weighted by Crippen LogP contribution is 2.22. The van der Waals surface area contributed by atoms with Crippen LogP contribution in [0.25, 0.3) is 0 Å². The van der Waals surface area contributed by atoms with Crippen molar-refractivity contribution in [3.05, 3.63) is 95.1 Å². The maximum Gasteiger partial charge on any atom is 0.255 e. The number of hydrogen-bond donors (Lipinski definition) is 1. The summed E-state index contributed by atoms with van der Waals surface area (Å²) in [5.74, 6) is 0.573. The predicted molar refractivity (Wildman–Crippen MR) is 101 cm³/mol. The number of nitrogens with one attached hydrogen (secondary N) is 1. The van der Waals surface area contributed by atoms with Crippen LogP contribution in [0.4, 0.5) is 5.69 Å². The van der Waals surface area contributed by atoms with Gasteiger partial charge in [0.15, 0.2) is 0 Å². The zero-order chi connectivity index (χ0) is 17.6. The van der Waals surface area contributed by atoms with Gasteiger partial charge in [-0.3, -0.25) is 4.79 Å². The van der Waals surface area contributed by atoms with Crippen LogP contribution in [0.2, 0.25) is 0 Å². The van der Waals surface area contributed by atoms with Crippen LogP contribution in [0.3, 0.4) is 0 Å². The Labute approximate surface area is 148 Å². The Morgan fingerprint density at radius 3 is 2.44 bits per heavy atom. The molecule has 0 saturated carbocycles. The van der Waals surface area contributed by atoms with E-state index in [2.05, 4.69) is 17.4 Å². The molecule has 3 aromatic carbocycles. The molecule has 3 nitrogen and oxygen atoms in total. The maximum absolute atomic E-state index is 12.6. The third kappa shape index (κ3) is 4.07. The van der Waals surface area contributed by atoms with Crippen LogP contribution < -0.4 is 10.1 Å². The summed E-state index contributed by atoms with van der Waals surface area (Å²) in [6.07, 6.45) is 0.772. The Hall–Kier alpha value is -3.07. The van der Waals surface area contributed by atoms with Crippen LogP contribution in [-0.2, 0) is 6.42 Å². The molecule has 0 atom stereocenters. The third-order valence-corrected chi connectivity index (χ3v) is 4.17. The summed E-state index contributed by atoms with van der Waals surface area (Å²) in [4.78, 5) is 12.6. The second kappa shape index (κ2) is 7.67. The molecular formula is C22H21NO2. The Morgan fingerprint density at radius 1 is 0.960 bits per heavy atom. The summed E-state index contributed by atoms with van der Waals surface area (Å²) in [5.41, 5.74) is 4.71. The fraction of sp³-hybridized carbons (Fsp3) is 0.136. The Kier molecular flexibility index (Phi) is 5.14. The molecule has 0 unspecified atom stereocenters. The number of para-hydroxylation sites is 1. The van der Waals surface area contributed by atoms with Crippen LogP contribution in [0, 0.1) is 6.92 Å². The van der Waals surface area contributed by atoms with Crippen molar-refractivity contribution in [1.82, 2.24) is 0 Å². The molecule has 1 N–H and O–H groups in total. The second-order valence-electron chi connectivity index (χ2n) is 5.96. The van der Waals surface area contributed by atoms with Crippen LogP contribution in [0.1, 0.15) is 27.0 Å². The van der Waals surface area contributed by atoms with E-state index in [0.29, 0.717) is 11.3 Å². The topological polar surface area (TPSA) is 38.3 Å². The van der Waals surface area contributed by atoms with Crippen molar-refractivity contribution in [3.8, 4) is 5.75 Å². The minimum atomic E-state index is -0.140. The van der Waals surface area contributed by atoms with Gasteiger partial charge in [0.2, 0.25) is 0 Å². The first kappa shape index (κ1) is 16.8. The molecule has 0 aliphatic rings. The number of methoxy groups -OCH3 is 1. The number of anilines is 1. The maximum atomic E-state index is 12.6. The summed E-state index contributed by atoms with van der Waals surface area (Å²) < 4.78 is 5.31. The molecule has 3 heteroatoms. The highest BCUT2D eigenvalue weighted by Gasteiger charge is 2.11. The monoisotopic (exact) mass is 331 g/mol. The molecule has 0 heterocycles. The van der Waals surface area contributed by atoms with Gasteiger partial charge in [0.1, 0.15) is 5.75 Å². The summed E-state index contributed by atoms with van der Waals surface area (Å²) in [7, 11) is 1.61. The van der Waals surface area contributed by atoms with E-state index in [9.17, 15) is 4.79 Å². The van der Waals surface area contributed by atoms with Crippen molar-refractivity contribution in [2.75, 3.05) is 12.4 Å². The Bertz CT molecular complexity index is 872. The highest BCUT2D eigenvalue weighted by atomic mass is 16.5. The molecule has 0 radical (unpaired) electrons. The quantitative estimate of drug-likeness (QED) is 0.726. The SMILES string of the molecule is COc1cc(C(=O)Nc2ccccc2Cc2ccccc2)ccc1C. The average Bonchev–Trinajstić information content (AvgIpc) is 2.64. The van der Waals surface area contributed by atoms with Gasteiger partial charge < -0.3 is 10.1 Å². The first-order valence-corrected chi connectivity index (χ1v) is 8.25. The van der Waals surface area contributed by atoms with Gasteiger partial charge in [-0.1, -0.05) is 54.6 Å². The van der Waals surface area contributed by atoms with E-state index in [-0.39, 0.29) is 5.91 Å². The van der Waals surface area contributed by atoms with E-state index >= 15 is 0 Å². The van der Waals surface area contributed by atoms with Gasteiger partial charge in [-0.05, 0) is 48.2 Å². The number of ether oxygens (including phenoxy) is 1. The van der Waals surface area contributed by atoms with Crippen molar-refractivity contribution in [2.45, 2.75) is 13.3 Å². The number of amides is 1. The van der Waals surface area contributed by atoms with Crippen LogP contribution in [0.5, 0.6) is 5.75 Å². The Morgan fingerprint density at radius 2 is 1.68 bits per heavy atom. The van der Waals surface area contributed by atoms with E-state index < -0.39 is 0 Å². The van der Waals surface area contributed by atoms with Crippen LogP contribution in [0.15, 0.2) is 72.8 Å². The van der Waals surface area contributed by atoms with E-state index in [0.717, 1.165) is 23.2 Å². The second-order valence-corrected chi connectivity index (χ2v) is 5.96. The van der Waals surface area contributed by atoms with Gasteiger partial charge in [-0.15, -0.1) is 0 Å². The van der Waals surface area contributed by atoms with Crippen molar-refractivity contribution in [1.29, 1.82) is 0 Å². The van der Waals surface area contributed by atoms with Crippen molar-refractivity contribution >= 4 is 11.6 Å². The molecule has 1 amide bonds. The lowest BCUT2D eigenvalue weighted by Crippen LogP contribution is -2.13. The van der Waals surface area contributed by atoms with E-state index in [1.54, 1.807) is 13.2 Å². The Balaban J connectivity index is 1.82. The summed E-state index contributed by atoms with van der Waals surface area (Å²) in [6, 6.07) is 23.6. The standard InChI is InChI=1S/C22H21NO2/c1-16-12-13-19(15-21(16)25-2)22(24)23-20-11-7-6-10-18(20)14-17-8-4-3-5-9-17/h3-13,15H,14H2,1-2H3,(H,23,24). The molecule has 0 aromatic heterocycles. The molecule has 0 aliphatic carbocycles. The van der Waals surface area contributed by atoms with Crippen LogP contribution >= 0.6 is 0 Å². The van der Waals surface area contributed by atoms with Gasteiger partial charge in [0, 0.05) is 11.3 Å². The first-order valence-electron chi connectivity index (χ1n) is 8.25. The third-order valence-electron chi connectivity index (χ3n) is 4.17. The van der Waals surface area contributed by atoms with Crippen molar-refractivity contribution in [2.24, 2.45) is 0 Å². The number of benzene rings is 3. The molecular weight excluding hydrogens is 310 g/mol. The molecule has 0 aliphatic heterocycles. The lowest BCUT2D eigenvalue weighted by Gasteiger charge is -2.12. The zero-order valence-electron chi connectivity index (χ0n) is 14.5. The lowest BCUT2D eigenvalue weighted by atomic mass is 10.0. The molecule has 0 spiro atoms. The summed E-state index contributed by atoms with van der Waals surface area (Å²) in [5, 5.41) is 3.02. The van der Waals surface area contributed by atoms with Gasteiger partial charge in [-0.2, -0.15) is 0 Å². The fourth-order valence-electron chi connectivity index (χ4n) is 2.77. The zero-order valence-corrected chi connectivity index (χ0v) is 14.5. The van der Waals surface area contributed by atoms with Gasteiger partial charge in [-0.25, -0.2) is 0 Å². The van der Waals surface area contributed by atoms with Gasteiger partial charge in [0.25, 0.3) is 5.91 Å². The average molecular weight is 331 g/mol. The molecule has 0 bridgehead atoms. The van der Waals surface area contributed by atoms with Gasteiger partial charge in [0.05, 0.1) is 7.11 Å². The fourth-order valence-corrected chi connectivity index (χ4v) is 2.77. The molecule has 126 valence electrons. The summed E-state index contributed by atoms with van der Waals surface area (Å²) in [6.45, 7) is 1.95. The largest absolute Gasteiger partial charge is 0.496 e. The molecule has 25 heavy (non-hydrogen) atoms. The molecule has 3 aromatic rings. The minimum Gasteiger partial charge on any atom is -0.496 e. The van der Waals surface area contributed by atoms with Crippen molar-refractivity contribution in [3.63, 3.8) is 0 Å². The highest BCUT2D eigenvalue weighted by molar-refractivity contribution is 6.05. The summed E-state index contributed by atoms with van der Waals surface area (Å²) >= 11 is 0. The predicted octanol–water partition coefficient (Wildman–Crippen LogP) is 4.85. The number of carbonyl (C=O) groups is 1. The van der Waals surface area contributed by atoms with E-state index in [1.807, 2.05) is 61.5 Å². The number of aryl methyl sites for hydroxylation is 1. The molecule has 0 fully saturated rings. The minimum absolute atomic E-state index is 0.140. The number of rotatable bonds is 5. The van der Waals surface area contributed by atoms with Gasteiger partial charge >= 0.3 is 0 Å². The smallest absolute Gasteiger partial charge is 0.255 e.